The Kier molecular flexibility index (Phi) is 4.27. The van der Waals surface area contributed by atoms with Gasteiger partial charge in [-0.3, -0.25) is 4.79 Å². The predicted molar refractivity (Wildman–Crippen MR) is 69.8 cm³/mol. The van der Waals surface area contributed by atoms with Crippen LogP contribution in [0.3, 0.4) is 0 Å². The molecule has 0 spiro atoms. The second kappa shape index (κ2) is 5.57. The number of sulfone groups is 1. The number of amides is 1. The fourth-order valence-corrected chi connectivity index (χ4v) is 4.31. The van der Waals surface area contributed by atoms with Crippen LogP contribution in [-0.2, 0) is 14.6 Å². The molecule has 6 heteroatoms. The molecule has 1 aliphatic carbocycles. The van der Waals surface area contributed by atoms with Crippen molar-refractivity contribution in [3.63, 3.8) is 0 Å². The fraction of sp³-hybridized carbons (Fsp3) is 0.917. The average molecular weight is 274 g/mol. The number of hydrogen-bond donors (Lipinski definition) is 2. The maximum Gasteiger partial charge on any atom is 0.223 e. The van der Waals surface area contributed by atoms with Crippen molar-refractivity contribution in [2.24, 2.45) is 11.7 Å². The molecule has 2 aliphatic rings. The number of nitrogens with two attached hydrogens (primary N) is 1. The first kappa shape index (κ1) is 13.8. The average Bonchev–Trinajstić information content (AvgIpc) is 2.32. The van der Waals surface area contributed by atoms with Gasteiger partial charge in [-0.1, -0.05) is 6.42 Å². The van der Waals surface area contributed by atoms with E-state index in [1.165, 1.54) is 0 Å². The Morgan fingerprint density at radius 3 is 2.39 bits per heavy atom. The van der Waals surface area contributed by atoms with Crippen molar-refractivity contribution < 1.29 is 13.2 Å². The third-order valence-electron chi connectivity index (χ3n) is 3.99. The van der Waals surface area contributed by atoms with E-state index in [4.69, 9.17) is 5.73 Å². The summed E-state index contributed by atoms with van der Waals surface area (Å²) in [5.41, 5.74) is 5.87. The minimum absolute atomic E-state index is 0.0206. The van der Waals surface area contributed by atoms with Crippen LogP contribution in [0.5, 0.6) is 0 Å². The Morgan fingerprint density at radius 1 is 1.11 bits per heavy atom. The van der Waals surface area contributed by atoms with Crippen molar-refractivity contribution >= 4 is 15.7 Å². The Hall–Kier alpha value is -0.620. The van der Waals surface area contributed by atoms with E-state index in [9.17, 15) is 13.2 Å². The van der Waals surface area contributed by atoms with Gasteiger partial charge >= 0.3 is 0 Å². The number of hydrogen-bond acceptors (Lipinski definition) is 4. The van der Waals surface area contributed by atoms with Gasteiger partial charge in [-0.2, -0.15) is 0 Å². The molecule has 3 N–H and O–H groups in total. The van der Waals surface area contributed by atoms with E-state index in [2.05, 4.69) is 5.32 Å². The lowest BCUT2D eigenvalue weighted by atomic mass is 9.85. The third kappa shape index (κ3) is 3.68. The van der Waals surface area contributed by atoms with Crippen LogP contribution in [0.1, 0.15) is 38.5 Å². The largest absolute Gasteiger partial charge is 0.353 e. The molecule has 2 atom stereocenters. The van der Waals surface area contributed by atoms with Crippen molar-refractivity contribution in [2.75, 3.05) is 11.5 Å². The van der Waals surface area contributed by atoms with E-state index < -0.39 is 9.84 Å². The molecule has 2 rings (SSSR count). The van der Waals surface area contributed by atoms with Gasteiger partial charge < -0.3 is 11.1 Å². The van der Waals surface area contributed by atoms with Crippen LogP contribution in [0, 0.1) is 5.92 Å². The summed E-state index contributed by atoms with van der Waals surface area (Å²) < 4.78 is 22.6. The monoisotopic (exact) mass is 274 g/mol. The Bertz CT molecular complexity index is 394. The summed E-state index contributed by atoms with van der Waals surface area (Å²) in [6, 6.07) is 0.167. The zero-order valence-electron chi connectivity index (χ0n) is 10.6. The Labute approximate surface area is 108 Å². The second-order valence-corrected chi connectivity index (χ2v) is 7.86. The lowest BCUT2D eigenvalue weighted by Gasteiger charge is -2.29. The summed E-state index contributed by atoms with van der Waals surface area (Å²) in [4.78, 5) is 12.1. The maximum atomic E-state index is 12.1. The molecule has 5 nitrogen and oxygen atoms in total. The van der Waals surface area contributed by atoms with Gasteiger partial charge in [-0.25, -0.2) is 8.42 Å². The number of carbonyl (C=O) groups excluding carboxylic acids is 1. The first-order chi connectivity index (χ1) is 8.46. The van der Waals surface area contributed by atoms with E-state index in [1.807, 2.05) is 0 Å². The van der Waals surface area contributed by atoms with Gasteiger partial charge in [0.1, 0.15) is 9.84 Å². The minimum atomic E-state index is -2.86. The zero-order chi connectivity index (χ0) is 13.2. The topological polar surface area (TPSA) is 89.3 Å². The van der Waals surface area contributed by atoms with Gasteiger partial charge in [0.2, 0.25) is 5.91 Å². The first-order valence-electron chi connectivity index (χ1n) is 6.72. The molecule has 2 unspecified atom stereocenters. The van der Waals surface area contributed by atoms with Gasteiger partial charge in [-0.15, -0.1) is 0 Å². The van der Waals surface area contributed by atoms with Crippen LogP contribution in [0.2, 0.25) is 0 Å². The smallest absolute Gasteiger partial charge is 0.223 e. The number of rotatable bonds is 2. The third-order valence-corrected chi connectivity index (χ3v) is 5.70. The van der Waals surface area contributed by atoms with Gasteiger partial charge in [0.05, 0.1) is 11.5 Å². The zero-order valence-corrected chi connectivity index (χ0v) is 11.4. The molecule has 0 bridgehead atoms. The van der Waals surface area contributed by atoms with Crippen molar-refractivity contribution in [1.82, 2.24) is 5.32 Å². The van der Waals surface area contributed by atoms with Crippen LogP contribution in [-0.4, -0.2) is 37.9 Å². The van der Waals surface area contributed by atoms with Gasteiger partial charge in [0.25, 0.3) is 0 Å². The number of nitrogens with one attached hydrogen (secondary N) is 1. The van der Waals surface area contributed by atoms with Crippen molar-refractivity contribution in [1.29, 1.82) is 0 Å². The number of carbonyl (C=O) groups is 1. The summed E-state index contributed by atoms with van der Waals surface area (Å²) >= 11 is 0. The lowest BCUT2D eigenvalue weighted by molar-refractivity contribution is -0.126. The van der Waals surface area contributed by atoms with E-state index in [0.717, 1.165) is 25.7 Å². The molecule has 104 valence electrons. The normalized spacial score (nSPS) is 32.9. The van der Waals surface area contributed by atoms with Crippen molar-refractivity contribution in [3.05, 3.63) is 0 Å². The summed E-state index contributed by atoms with van der Waals surface area (Å²) in [5.74, 6) is 0.478. The van der Waals surface area contributed by atoms with E-state index >= 15 is 0 Å². The van der Waals surface area contributed by atoms with Crippen LogP contribution < -0.4 is 11.1 Å². The quantitative estimate of drug-likeness (QED) is 0.752. The highest BCUT2D eigenvalue weighted by Gasteiger charge is 2.29. The van der Waals surface area contributed by atoms with Gasteiger partial charge in [0, 0.05) is 18.0 Å². The standard InChI is InChI=1S/C12H22N2O3S/c13-10-3-1-2-9(8-10)12(15)14-11-4-6-18(16,17)7-5-11/h9-11H,1-8,13H2,(H,14,15). The molecule has 0 aromatic heterocycles. The maximum absolute atomic E-state index is 12.1. The molecular weight excluding hydrogens is 252 g/mol. The van der Waals surface area contributed by atoms with E-state index in [1.54, 1.807) is 0 Å². The molecule has 0 aromatic carbocycles. The van der Waals surface area contributed by atoms with Crippen LogP contribution in [0.4, 0.5) is 0 Å². The Balaban J connectivity index is 1.81. The lowest BCUT2D eigenvalue weighted by Crippen LogP contribution is -2.45. The van der Waals surface area contributed by atoms with Crippen LogP contribution in [0.15, 0.2) is 0 Å². The fourth-order valence-electron chi connectivity index (χ4n) is 2.82. The highest BCUT2D eigenvalue weighted by Crippen LogP contribution is 2.24. The molecule has 2 fully saturated rings. The van der Waals surface area contributed by atoms with Crippen molar-refractivity contribution in [3.8, 4) is 0 Å². The molecule has 0 radical (unpaired) electrons. The van der Waals surface area contributed by atoms with Crippen LogP contribution in [0.25, 0.3) is 0 Å². The molecule has 1 saturated carbocycles. The predicted octanol–water partition coefficient (Wildman–Crippen LogP) is 0.197. The highest BCUT2D eigenvalue weighted by atomic mass is 32.2. The minimum Gasteiger partial charge on any atom is -0.353 e. The van der Waals surface area contributed by atoms with E-state index in [-0.39, 0.29) is 35.4 Å². The molecule has 1 saturated heterocycles. The molecule has 18 heavy (non-hydrogen) atoms. The van der Waals surface area contributed by atoms with Gasteiger partial charge in [-0.05, 0) is 32.1 Å². The first-order valence-corrected chi connectivity index (χ1v) is 8.55. The van der Waals surface area contributed by atoms with Gasteiger partial charge in [0.15, 0.2) is 0 Å². The summed E-state index contributed by atoms with van der Waals surface area (Å²) in [6.07, 6.45) is 4.78. The molecule has 1 aliphatic heterocycles. The summed E-state index contributed by atoms with van der Waals surface area (Å²) in [5, 5.41) is 2.99. The molecule has 0 aromatic rings. The van der Waals surface area contributed by atoms with Crippen LogP contribution >= 0.6 is 0 Å². The molecular formula is C12H22N2O3S. The van der Waals surface area contributed by atoms with E-state index in [0.29, 0.717) is 12.8 Å². The summed E-state index contributed by atoms with van der Waals surface area (Å²) in [7, 11) is -2.86. The molecule has 1 amide bonds. The SMILES string of the molecule is NC1CCCC(C(=O)NC2CCS(=O)(=O)CC2)C1. The van der Waals surface area contributed by atoms with Crippen molar-refractivity contribution in [2.45, 2.75) is 50.6 Å². The summed E-state index contributed by atoms with van der Waals surface area (Å²) in [6.45, 7) is 0. The molecule has 1 heterocycles. The Morgan fingerprint density at radius 2 is 1.78 bits per heavy atom. The second-order valence-electron chi connectivity index (χ2n) is 5.56. The highest BCUT2D eigenvalue weighted by molar-refractivity contribution is 7.91.